The van der Waals surface area contributed by atoms with Crippen molar-refractivity contribution in [3.63, 3.8) is 0 Å². The Hall–Kier alpha value is -6.50. The molecule has 3 aromatic heterocycles. The zero-order valence-corrected chi connectivity index (χ0v) is 27.4. The summed E-state index contributed by atoms with van der Waals surface area (Å²) in [5.74, 6) is 2.46. The standard InChI is InChI=1S/C44H26N4OS/c1-3-13-28(14-4-1)41-46-42(48-43(47-41)33-23-22-27-12-7-8-17-30(27)24-33)32-19-11-18-31(25-32)38-39-34-20-9-10-21-36(34)50-37(39)26-35-40(38)45-44(49-35)29-15-5-2-6-16-29/h1-26H. The summed E-state index contributed by atoms with van der Waals surface area (Å²) in [6.07, 6.45) is 0. The van der Waals surface area contributed by atoms with Crippen molar-refractivity contribution in [3.05, 3.63) is 158 Å². The third-order valence-electron chi connectivity index (χ3n) is 9.13. The fourth-order valence-electron chi connectivity index (χ4n) is 6.75. The van der Waals surface area contributed by atoms with Crippen LogP contribution in [0.15, 0.2) is 162 Å². The Morgan fingerprint density at radius 2 is 1.04 bits per heavy atom. The quantitative estimate of drug-likeness (QED) is 0.184. The molecule has 0 amide bonds. The van der Waals surface area contributed by atoms with Gasteiger partial charge in [-0.05, 0) is 46.7 Å². The van der Waals surface area contributed by atoms with Crippen molar-refractivity contribution < 1.29 is 4.42 Å². The maximum absolute atomic E-state index is 6.46. The molecule has 0 aliphatic heterocycles. The molecule has 0 aliphatic carbocycles. The molecule has 0 saturated heterocycles. The lowest BCUT2D eigenvalue weighted by molar-refractivity contribution is 0.620. The molecule has 0 aliphatic rings. The Morgan fingerprint density at radius 3 is 1.84 bits per heavy atom. The number of fused-ring (bicyclic) bond motifs is 5. The summed E-state index contributed by atoms with van der Waals surface area (Å²) in [6, 6.07) is 54.0. The number of hydrogen-bond donors (Lipinski definition) is 0. The van der Waals surface area contributed by atoms with Crippen LogP contribution in [0.5, 0.6) is 0 Å². The lowest BCUT2D eigenvalue weighted by Gasteiger charge is -2.11. The van der Waals surface area contributed by atoms with E-state index in [1.54, 1.807) is 11.3 Å². The van der Waals surface area contributed by atoms with Crippen LogP contribution in [0.4, 0.5) is 0 Å². The highest BCUT2D eigenvalue weighted by molar-refractivity contribution is 7.26. The number of oxazole rings is 1. The van der Waals surface area contributed by atoms with E-state index in [1.807, 2.05) is 60.7 Å². The summed E-state index contributed by atoms with van der Waals surface area (Å²) in [7, 11) is 0. The van der Waals surface area contributed by atoms with Crippen LogP contribution in [0.1, 0.15) is 0 Å². The van der Waals surface area contributed by atoms with Crippen molar-refractivity contribution in [2.24, 2.45) is 0 Å². The molecule has 234 valence electrons. The molecule has 0 bridgehead atoms. The minimum absolute atomic E-state index is 0.602. The molecular formula is C44H26N4OS. The van der Waals surface area contributed by atoms with Gasteiger partial charge in [-0.25, -0.2) is 19.9 Å². The van der Waals surface area contributed by atoms with E-state index in [0.29, 0.717) is 23.4 Å². The second kappa shape index (κ2) is 11.6. The van der Waals surface area contributed by atoms with Gasteiger partial charge in [-0.15, -0.1) is 11.3 Å². The first kappa shape index (κ1) is 28.5. The van der Waals surface area contributed by atoms with Crippen molar-refractivity contribution in [3.8, 4) is 56.7 Å². The predicted octanol–water partition coefficient (Wildman–Crippen LogP) is 11.9. The second-order valence-electron chi connectivity index (χ2n) is 12.3. The molecular weight excluding hydrogens is 633 g/mol. The molecule has 0 radical (unpaired) electrons. The summed E-state index contributed by atoms with van der Waals surface area (Å²) >= 11 is 1.77. The molecule has 0 N–H and O–H groups in total. The molecule has 0 saturated carbocycles. The van der Waals surface area contributed by atoms with Crippen LogP contribution < -0.4 is 0 Å². The van der Waals surface area contributed by atoms with E-state index < -0.39 is 0 Å². The number of hydrogen-bond acceptors (Lipinski definition) is 6. The van der Waals surface area contributed by atoms with Crippen LogP contribution in [0, 0.1) is 0 Å². The molecule has 6 heteroatoms. The maximum atomic E-state index is 6.46. The molecule has 0 spiro atoms. The summed E-state index contributed by atoms with van der Waals surface area (Å²) in [6.45, 7) is 0. The van der Waals surface area contributed by atoms with E-state index in [1.165, 1.54) is 20.9 Å². The van der Waals surface area contributed by atoms with Gasteiger partial charge in [-0.1, -0.05) is 121 Å². The van der Waals surface area contributed by atoms with Crippen LogP contribution in [0.3, 0.4) is 0 Å². The molecule has 3 heterocycles. The highest BCUT2D eigenvalue weighted by Gasteiger charge is 2.21. The largest absolute Gasteiger partial charge is 0.436 e. The lowest BCUT2D eigenvalue weighted by Crippen LogP contribution is -2.00. The molecule has 10 aromatic rings. The number of rotatable bonds is 5. The molecule has 0 atom stereocenters. The Labute approximate surface area is 291 Å². The molecule has 7 aromatic carbocycles. The smallest absolute Gasteiger partial charge is 0.227 e. The highest BCUT2D eigenvalue weighted by Crippen LogP contribution is 2.45. The van der Waals surface area contributed by atoms with E-state index in [9.17, 15) is 0 Å². The first-order valence-corrected chi connectivity index (χ1v) is 17.3. The Kier molecular flexibility index (Phi) is 6.60. The topological polar surface area (TPSA) is 64.7 Å². The Morgan fingerprint density at radius 1 is 0.420 bits per heavy atom. The van der Waals surface area contributed by atoms with Gasteiger partial charge < -0.3 is 4.42 Å². The average molecular weight is 659 g/mol. The first-order chi connectivity index (χ1) is 24.7. The van der Waals surface area contributed by atoms with Gasteiger partial charge in [0.2, 0.25) is 5.89 Å². The third-order valence-corrected chi connectivity index (χ3v) is 10.2. The van der Waals surface area contributed by atoms with Gasteiger partial charge in [0.05, 0.1) is 0 Å². The fourth-order valence-corrected chi connectivity index (χ4v) is 7.89. The molecule has 50 heavy (non-hydrogen) atoms. The zero-order valence-electron chi connectivity index (χ0n) is 26.6. The van der Waals surface area contributed by atoms with E-state index >= 15 is 0 Å². The van der Waals surface area contributed by atoms with Crippen LogP contribution in [0.25, 0.3) is 98.8 Å². The van der Waals surface area contributed by atoms with Gasteiger partial charge >= 0.3 is 0 Å². The third kappa shape index (κ3) is 4.85. The average Bonchev–Trinajstić information content (AvgIpc) is 3.79. The van der Waals surface area contributed by atoms with Crippen LogP contribution in [-0.4, -0.2) is 19.9 Å². The fraction of sp³-hybridized carbons (Fsp3) is 0. The van der Waals surface area contributed by atoms with Gasteiger partial charge in [0.25, 0.3) is 0 Å². The van der Waals surface area contributed by atoms with E-state index in [2.05, 4.69) is 97.1 Å². The van der Waals surface area contributed by atoms with E-state index in [0.717, 1.165) is 54.6 Å². The van der Waals surface area contributed by atoms with Gasteiger partial charge in [-0.3, -0.25) is 0 Å². The molecule has 0 unspecified atom stereocenters. The maximum Gasteiger partial charge on any atom is 0.227 e. The van der Waals surface area contributed by atoms with Gasteiger partial charge in [-0.2, -0.15) is 0 Å². The van der Waals surface area contributed by atoms with Crippen LogP contribution in [-0.2, 0) is 0 Å². The minimum Gasteiger partial charge on any atom is -0.436 e. The van der Waals surface area contributed by atoms with Crippen LogP contribution >= 0.6 is 11.3 Å². The van der Waals surface area contributed by atoms with Crippen LogP contribution in [0.2, 0.25) is 0 Å². The van der Waals surface area contributed by atoms with Crippen molar-refractivity contribution in [2.45, 2.75) is 0 Å². The van der Waals surface area contributed by atoms with Gasteiger partial charge in [0.15, 0.2) is 23.1 Å². The monoisotopic (exact) mass is 658 g/mol. The van der Waals surface area contributed by atoms with Crippen molar-refractivity contribution in [1.29, 1.82) is 0 Å². The summed E-state index contributed by atoms with van der Waals surface area (Å²) in [4.78, 5) is 20.3. The minimum atomic E-state index is 0.602. The van der Waals surface area contributed by atoms with Crippen molar-refractivity contribution in [2.75, 3.05) is 0 Å². The number of benzene rings is 7. The van der Waals surface area contributed by atoms with Crippen molar-refractivity contribution in [1.82, 2.24) is 19.9 Å². The van der Waals surface area contributed by atoms with E-state index in [4.69, 9.17) is 24.4 Å². The van der Waals surface area contributed by atoms with Gasteiger partial charge in [0.1, 0.15) is 5.52 Å². The first-order valence-electron chi connectivity index (χ1n) is 16.5. The summed E-state index contributed by atoms with van der Waals surface area (Å²) in [5, 5.41) is 4.67. The number of nitrogens with zero attached hydrogens (tertiary/aromatic N) is 4. The highest BCUT2D eigenvalue weighted by atomic mass is 32.1. The zero-order chi connectivity index (χ0) is 33.0. The number of thiophene rings is 1. The number of aromatic nitrogens is 4. The second-order valence-corrected chi connectivity index (χ2v) is 13.4. The lowest BCUT2D eigenvalue weighted by atomic mass is 9.96. The Balaban J connectivity index is 1.20. The summed E-state index contributed by atoms with van der Waals surface area (Å²) in [5.41, 5.74) is 7.34. The normalized spacial score (nSPS) is 11.6. The SMILES string of the molecule is c1ccc(-c2nc(-c3cccc(-c4c5nc(-c6ccccc6)oc5cc5sc6ccccc6c45)c3)nc(-c3ccc4ccccc4c3)n2)cc1. The Bertz CT molecular complexity index is 2880. The van der Waals surface area contributed by atoms with E-state index in [-0.39, 0.29) is 0 Å². The summed E-state index contributed by atoms with van der Waals surface area (Å²) < 4.78 is 8.83. The van der Waals surface area contributed by atoms with Crippen molar-refractivity contribution >= 4 is 53.4 Å². The molecule has 0 fully saturated rings. The van der Waals surface area contributed by atoms with Gasteiger partial charge in [0, 0.05) is 54.1 Å². The molecule has 10 rings (SSSR count). The predicted molar refractivity (Wildman–Crippen MR) is 205 cm³/mol. The molecule has 5 nitrogen and oxygen atoms in total.